The van der Waals surface area contributed by atoms with Crippen molar-refractivity contribution in [2.24, 2.45) is 17.8 Å². The predicted octanol–water partition coefficient (Wildman–Crippen LogP) is 4.38. The van der Waals surface area contributed by atoms with Crippen molar-refractivity contribution >= 4 is 23.6 Å². The fraction of sp³-hybridized carbons (Fsp3) is 0.538. The number of imidazole rings is 2. The maximum Gasteiger partial charge on any atom is 0.248 e. The van der Waals surface area contributed by atoms with Crippen LogP contribution in [0, 0.1) is 29.6 Å². The number of hydrogen-bond acceptors (Lipinski definition) is 6. The van der Waals surface area contributed by atoms with E-state index < -0.39 is 11.6 Å². The first-order chi connectivity index (χ1) is 24.5. The number of rotatable bonds is 10. The van der Waals surface area contributed by atoms with Crippen LogP contribution in [0.1, 0.15) is 114 Å². The Morgan fingerprint density at radius 1 is 0.804 bits per heavy atom. The van der Waals surface area contributed by atoms with Crippen LogP contribution in [-0.4, -0.2) is 78.0 Å². The van der Waals surface area contributed by atoms with Crippen molar-refractivity contribution in [3.63, 3.8) is 0 Å². The molecule has 2 aliphatic carbocycles. The number of nitrogens with one attached hydrogen (secondary N) is 4. The van der Waals surface area contributed by atoms with Crippen molar-refractivity contribution in [1.29, 1.82) is 0 Å². The molecule has 4 N–H and O–H groups in total. The average Bonchev–Trinajstić information content (AvgIpc) is 3.88. The number of aromatic nitrogens is 4. The van der Waals surface area contributed by atoms with Gasteiger partial charge in [-0.3, -0.25) is 19.2 Å². The van der Waals surface area contributed by atoms with Crippen molar-refractivity contribution < 1.29 is 19.2 Å². The second kappa shape index (κ2) is 14.0. The van der Waals surface area contributed by atoms with Gasteiger partial charge in [0.15, 0.2) is 0 Å². The van der Waals surface area contributed by atoms with Gasteiger partial charge in [-0.25, -0.2) is 9.97 Å². The zero-order valence-corrected chi connectivity index (χ0v) is 29.9. The summed E-state index contributed by atoms with van der Waals surface area (Å²) in [7, 11) is 0. The third kappa shape index (κ3) is 7.58. The molecule has 2 saturated heterocycles. The third-order valence-electron chi connectivity index (χ3n) is 10.5. The highest BCUT2D eigenvalue weighted by Crippen LogP contribution is 2.35. The van der Waals surface area contributed by atoms with Gasteiger partial charge in [-0.1, -0.05) is 31.9 Å². The van der Waals surface area contributed by atoms with Crippen LogP contribution < -0.4 is 10.6 Å². The number of carbonyl (C=O) groups is 4. The Morgan fingerprint density at radius 3 is 2.08 bits per heavy atom. The van der Waals surface area contributed by atoms with E-state index in [2.05, 4.69) is 42.4 Å². The van der Waals surface area contributed by atoms with Crippen LogP contribution in [0.4, 0.5) is 0 Å². The highest BCUT2D eigenvalue weighted by Gasteiger charge is 2.43. The Morgan fingerprint density at radius 2 is 1.41 bits per heavy atom. The van der Waals surface area contributed by atoms with Gasteiger partial charge in [-0.2, -0.15) is 0 Å². The number of hydrogen-bond donors (Lipinski definition) is 4. The molecule has 268 valence electrons. The van der Waals surface area contributed by atoms with Gasteiger partial charge in [0.2, 0.25) is 23.6 Å². The molecule has 2 aromatic heterocycles. The monoisotopic (exact) mass is 692 g/mol. The van der Waals surface area contributed by atoms with Gasteiger partial charge >= 0.3 is 0 Å². The third-order valence-corrected chi connectivity index (χ3v) is 10.5. The number of likely N-dealkylation sites (tertiary alicyclic amines) is 2. The van der Waals surface area contributed by atoms with Crippen molar-refractivity contribution in [2.45, 2.75) is 103 Å². The molecule has 3 aromatic rings. The summed E-state index contributed by atoms with van der Waals surface area (Å²) in [6, 6.07) is 6.99. The molecule has 4 heterocycles. The van der Waals surface area contributed by atoms with Gasteiger partial charge in [0, 0.05) is 30.5 Å². The first kappa shape index (κ1) is 34.5. The molecule has 0 spiro atoms. The van der Waals surface area contributed by atoms with Crippen LogP contribution in [0.3, 0.4) is 0 Å². The lowest BCUT2D eigenvalue weighted by atomic mass is 10.0. The lowest BCUT2D eigenvalue weighted by Crippen LogP contribution is -2.56. The number of benzene rings is 1. The van der Waals surface area contributed by atoms with Crippen molar-refractivity contribution in [1.82, 2.24) is 40.4 Å². The minimum atomic E-state index is -0.978. The zero-order chi connectivity index (χ0) is 35.9. The molecular formula is C39H48N8O4. The van der Waals surface area contributed by atoms with Crippen LogP contribution in [0.15, 0.2) is 36.7 Å². The smallest absolute Gasteiger partial charge is 0.248 e. The summed E-state index contributed by atoms with van der Waals surface area (Å²) in [4.78, 5) is 71.7. The fourth-order valence-corrected chi connectivity index (χ4v) is 7.18. The van der Waals surface area contributed by atoms with Gasteiger partial charge < -0.3 is 30.4 Å². The first-order valence-corrected chi connectivity index (χ1v) is 18.4. The Bertz CT molecular complexity index is 1860. The fourth-order valence-electron chi connectivity index (χ4n) is 7.18. The van der Waals surface area contributed by atoms with E-state index in [1.165, 1.54) is 0 Å². The molecule has 12 heteroatoms. The number of aromatic amines is 2. The summed E-state index contributed by atoms with van der Waals surface area (Å²) in [6.45, 7) is 8.76. The van der Waals surface area contributed by atoms with E-state index in [-0.39, 0.29) is 53.5 Å². The van der Waals surface area contributed by atoms with Gasteiger partial charge in [0.05, 0.1) is 30.2 Å². The average molecular weight is 693 g/mol. The molecule has 12 nitrogen and oxygen atoms in total. The Kier molecular flexibility index (Phi) is 9.48. The van der Waals surface area contributed by atoms with E-state index in [0.717, 1.165) is 74.0 Å². The summed E-state index contributed by atoms with van der Waals surface area (Å²) in [6.07, 6.45) is 10.4. The summed E-state index contributed by atoms with van der Waals surface area (Å²) < 4.78 is 0. The second-order valence-corrected chi connectivity index (χ2v) is 15.4. The van der Waals surface area contributed by atoms with Crippen LogP contribution in [0.2, 0.25) is 0 Å². The van der Waals surface area contributed by atoms with E-state index >= 15 is 0 Å². The molecule has 3 atom stereocenters. The Labute approximate surface area is 298 Å². The van der Waals surface area contributed by atoms with Crippen LogP contribution >= 0.6 is 0 Å². The van der Waals surface area contributed by atoms with Gasteiger partial charge in [0.25, 0.3) is 0 Å². The Hall–Kier alpha value is -4.92. The van der Waals surface area contributed by atoms with Gasteiger partial charge in [-0.15, -0.1) is 0 Å². The molecular weight excluding hydrogens is 644 g/mol. The van der Waals surface area contributed by atoms with Crippen LogP contribution in [-0.2, 0) is 19.2 Å². The maximum atomic E-state index is 13.6. The molecule has 1 aromatic carbocycles. The minimum absolute atomic E-state index is 0.0139. The number of nitrogens with zero attached hydrogens (tertiary/aromatic N) is 4. The summed E-state index contributed by atoms with van der Waals surface area (Å²) in [5, 5.41) is 5.96. The molecule has 7 rings (SSSR count). The maximum absolute atomic E-state index is 13.6. The van der Waals surface area contributed by atoms with Crippen molar-refractivity contribution in [3.8, 4) is 23.1 Å². The second-order valence-electron chi connectivity index (χ2n) is 15.4. The highest BCUT2D eigenvalue weighted by atomic mass is 16.2. The quantitative estimate of drug-likeness (QED) is 0.231. The number of carbonyl (C=O) groups excluding carboxylic acids is 4. The van der Waals surface area contributed by atoms with E-state index in [9.17, 15) is 19.2 Å². The normalized spacial score (nSPS) is 21.0. The van der Waals surface area contributed by atoms with E-state index in [0.29, 0.717) is 24.6 Å². The van der Waals surface area contributed by atoms with E-state index in [4.69, 9.17) is 0 Å². The number of amides is 4. The lowest BCUT2D eigenvalue weighted by molar-refractivity contribution is -0.141. The molecule has 0 bridgehead atoms. The first-order valence-electron chi connectivity index (χ1n) is 18.4. The molecule has 51 heavy (non-hydrogen) atoms. The summed E-state index contributed by atoms with van der Waals surface area (Å²) in [5.74, 6) is 7.70. The van der Waals surface area contributed by atoms with Crippen LogP contribution in [0.5, 0.6) is 0 Å². The molecule has 4 amide bonds. The topological polar surface area (TPSA) is 156 Å². The largest absolute Gasteiger partial charge is 0.344 e. The van der Waals surface area contributed by atoms with Gasteiger partial charge in [-0.05, 0) is 94.7 Å². The molecule has 0 radical (unpaired) electrons. The SMILES string of the molecule is CC(C)[C@@H](NC(=O)C1CC1)C(=O)N1CCC[C@H]1c1ncc(C#Cc2ccc(-c3cnc([C@@H]4CCCN4C(=O)C(C)(C)NC(=O)C4CC4)[nH]3)cc2)[nH]1. The lowest BCUT2D eigenvalue weighted by Gasteiger charge is -2.33. The summed E-state index contributed by atoms with van der Waals surface area (Å²) >= 11 is 0. The van der Waals surface area contributed by atoms with Crippen molar-refractivity contribution in [3.05, 3.63) is 59.6 Å². The summed E-state index contributed by atoms with van der Waals surface area (Å²) in [5.41, 5.74) is 2.33. The predicted molar refractivity (Wildman–Crippen MR) is 190 cm³/mol. The van der Waals surface area contributed by atoms with Gasteiger partial charge in [0.1, 0.15) is 28.9 Å². The minimum Gasteiger partial charge on any atom is -0.344 e. The molecule has 2 saturated carbocycles. The molecule has 4 fully saturated rings. The van der Waals surface area contributed by atoms with Crippen LogP contribution in [0.25, 0.3) is 11.3 Å². The van der Waals surface area contributed by atoms with E-state index in [1.54, 1.807) is 26.2 Å². The molecule has 2 aliphatic heterocycles. The standard InChI is InChI=1S/C39H48N8O4/c1-23(2)32(44-35(48)26-14-15-26)37(50)46-19-5-7-30(46)33-40-21-28(42-33)18-11-24-9-12-25(13-10-24)29-22-41-34(43-29)31-8-6-20-47(31)38(51)39(3,4)45-36(49)27-16-17-27/h9-10,12-13,21-23,26-27,30-32H,5-8,14-17,19-20H2,1-4H3,(H,40,42)(H,41,43)(H,44,48)(H,45,49)/t30-,31-,32+/m0/s1. The molecule has 4 aliphatic rings. The Balaban J connectivity index is 0.978. The zero-order valence-electron chi connectivity index (χ0n) is 29.9. The van der Waals surface area contributed by atoms with Crippen molar-refractivity contribution in [2.75, 3.05) is 13.1 Å². The highest BCUT2D eigenvalue weighted by molar-refractivity contribution is 5.92. The van der Waals surface area contributed by atoms with E-state index in [1.807, 2.05) is 47.9 Å². The molecule has 0 unspecified atom stereocenters. The number of H-pyrrole nitrogens is 2.